The van der Waals surface area contributed by atoms with Crippen LogP contribution >= 0.6 is 0 Å². The minimum atomic E-state index is -0.133. The van der Waals surface area contributed by atoms with Gasteiger partial charge in [-0.25, -0.2) is 4.98 Å². The van der Waals surface area contributed by atoms with Crippen molar-refractivity contribution in [2.75, 3.05) is 17.2 Å². The lowest BCUT2D eigenvalue weighted by Gasteiger charge is -2.15. The first-order valence-electron chi connectivity index (χ1n) is 9.65. The van der Waals surface area contributed by atoms with Gasteiger partial charge in [-0.05, 0) is 43.0 Å². The summed E-state index contributed by atoms with van der Waals surface area (Å²) in [6, 6.07) is 18.2. The van der Waals surface area contributed by atoms with Gasteiger partial charge in [0.25, 0.3) is 0 Å². The largest absolute Gasteiger partial charge is 0.394 e. The lowest BCUT2D eigenvalue weighted by molar-refractivity contribution is 0.281. The summed E-state index contributed by atoms with van der Waals surface area (Å²) in [5.41, 5.74) is 5.42. The molecule has 1 atom stereocenters. The second-order valence-corrected chi connectivity index (χ2v) is 7.41. The van der Waals surface area contributed by atoms with E-state index < -0.39 is 0 Å². The topological polar surface area (TPSA) is 70.1 Å². The van der Waals surface area contributed by atoms with Crippen molar-refractivity contribution in [3.8, 4) is 11.3 Å². The second kappa shape index (κ2) is 8.85. The first kappa shape index (κ1) is 19.8. The van der Waals surface area contributed by atoms with Crippen LogP contribution in [0.2, 0.25) is 0 Å². The summed E-state index contributed by atoms with van der Waals surface area (Å²) in [6.07, 6.45) is 0. The summed E-state index contributed by atoms with van der Waals surface area (Å²) < 4.78 is 0. The summed E-state index contributed by atoms with van der Waals surface area (Å²) in [4.78, 5) is 9.20. The predicted molar refractivity (Wildman–Crippen MR) is 116 cm³/mol. The van der Waals surface area contributed by atoms with E-state index in [4.69, 9.17) is 0 Å². The van der Waals surface area contributed by atoms with Crippen molar-refractivity contribution in [1.82, 2.24) is 9.97 Å². The molecule has 146 valence electrons. The number of anilines is 3. The van der Waals surface area contributed by atoms with Crippen molar-refractivity contribution >= 4 is 17.5 Å². The van der Waals surface area contributed by atoms with Crippen molar-refractivity contribution in [1.29, 1.82) is 0 Å². The highest BCUT2D eigenvalue weighted by atomic mass is 16.3. The van der Waals surface area contributed by atoms with Crippen LogP contribution in [-0.4, -0.2) is 27.7 Å². The lowest BCUT2D eigenvalue weighted by atomic mass is 9.98. The zero-order valence-corrected chi connectivity index (χ0v) is 16.9. The Morgan fingerprint density at radius 1 is 0.964 bits per heavy atom. The molecule has 0 bridgehead atoms. The van der Waals surface area contributed by atoms with Gasteiger partial charge in [0.05, 0.1) is 12.3 Å². The van der Waals surface area contributed by atoms with Crippen LogP contribution in [-0.2, 0) is 0 Å². The van der Waals surface area contributed by atoms with Crippen molar-refractivity contribution in [3.05, 3.63) is 65.7 Å². The molecule has 0 aliphatic heterocycles. The molecule has 28 heavy (non-hydrogen) atoms. The molecule has 0 saturated heterocycles. The lowest BCUT2D eigenvalue weighted by Crippen LogP contribution is -2.21. The third-order valence-electron chi connectivity index (χ3n) is 4.61. The van der Waals surface area contributed by atoms with Crippen LogP contribution in [0.5, 0.6) is 0 Å². The molecule has 0 saturated carbocycles. The maximum atomic E-state index is 9.35. The van der Waals surface area contributed by atoms with E-state index in [-0.39, 0.29) is 12.6 Å². The number of nitrogens with zero attached hydrogens (tertiary/aromatic N) is 2. The minimum Gasteiger partial charge on any atom is -0.394 e. The van der Waals surface area contributed by atoms with Gasteiger partial charge in [-0.1, -0.05) is 50.2 Å². The van der Waals surface area contributed by atoms with E-state index in [0.717, 1.165) is 16.9 Å². The number of aliphatic hydroxyl groups excluding tert-OH is 1. The van der Waals surface area contributed by atoms with Gasteiger partial charge in [-0.2, -0.15) is 4.98 Å². The third-order valence-corrected chi connectivity index (χ3v) is 4.61. The number of aliphatic hydroxyl groups is 1. The Labute approximate surface area is 166 Å². The van der Waals surface area contributed by atoms with E-state index in [1.807, 2.05) is 43.3 Å². The van der Waals surface area contributed by atoms with Crippen molar-refractivity contribution in [3.63, 3.8) is 0 Å². The SMILES string of the molecule is Cc1cc(Nc2cc(-c3ccccc3)nc(N[C@@H](C)CO)n2)ccc1C(C)C. The van der Waals surface area contributed by atoms with E-state index in [0.29, 0.717) is 17.7 Å². The van der Waals surface area contributed by atoms with E-state index in [2.05, 4.69) is 59.6 Å². The van der Waals surface area contributed by atoms with Crippen LogP contribution in [0.1, 0.15) is 37.8 Å². The first-order valence-corrected chi connectivity index (χ1v) is 9.65. The first-order chi connectivity index (χ1) is 13.5. The number of hydrogen-bond donors (Lipinski definition) is 3. The normalized spacial score (nSPS) is 12.1. The third kappa shape index (κ3) is 4.87. The molecule has 0 aliphatic carbocycles. The minimum absolute atomic E-state index is 0.0115. The van der Waals surface area contributed by atoms with Crippen LogP contribution in [0.4, 0.5) is 17.5 Å². The fourth-order valence-corrected chi connectivity index (χ4v) is 3.15. The number of aromatic nitrogens is 2. The summed E-state index contributed by atoms with van der Waals surface area (Å²) in [5, 5.41) is 15.9. The van der Waals surface area contributed by atoms with Crippen LogP contribution in [0.3, 0.4) is 0 Å². The van der Waals surface area contributed by atoms with Gasteiger partial charge >= 0.3 is 0 Å². The Balaban J connectivity index is 1.95. The molecule has 3 N–H and O–H groups in total. The molecule has 2 aromatic carbocycles. The molecule has 0 spiro atoms. The molecule has 1 aromatic heterocycles. The Morgan fingerprint density at radius 3 is 2.36 bits per heavy atom. The molecular weight excluding hydrogens is 348 g/mol. The van der Waals surface area contributed by atoms with Crippen LogP contribution in [0.15, 0.2) is 54.6 Å². The monoisotopic (exact) mass is 376 g/mol. The number of rotatable bonds is 7. The average Bonchev–Trinajstić information content (AvgIpc) is 2.68. The Morgan fingerprint density at radius 2 is 1.71 bits per heavy atom. The quantitative estimate of drug-likeness (QED) is 0.534. The maximum absolute atomic E-state index is 9.35. The molecule has 5 heteroatoms. The van der Waals surface area contributed by atoms with Gasteiger partial charge in [0, 0.05) is 23.4 Å². The Kier molecular flexibility index (Phi) is 6.26. The molecule has 0 amide bonds. The highest BCUT2D eigenvalue weighted by molar-refractivity contribution is 5.67. The Bertz CT molecular complexity index is 925. The maximum Gasteiger partial charge on any atom is 0.225 e. The molecule has 3 rings (SSSR count). The van der Waals surface area contributed by atoms with Crippen molar-refractivity contribution < 1.29 is 5.11 Å². The van der Waals surface area contributed by atoms with E-state index in [9.17, 15) is 5.11 Å². The van der Waals surface area contributed by atoms with Gasteiger partial charge in [0.15, 0.2) is 0 Å². The van der Waals surface area contributed by atoms with E-state index >= 15 is 0 Å². The van der Waals surface area contributed by atoms with Gasteiger partial charge in [-0.3, -0.25) is 0 Å². The van der Waals surface area contributed by atoms with Crippen LogP contribution in [0.25, 0.3) is 11.3 Å². The number of nitrogens with one attached hydrogen (secondary N) is 2. The smallest absolute Gasteiger partial charge is 0.225 e. The van der Waals surface area contributed by atoms with Crippen LogP contribution < -0.4 is 10.6 Å². The number of hydrogen-bond acceptors (Lipinski definition) is 5. The zero-order valence-electron chi connectivity index (χ0n) is 16.9. The predicted octanol–water partition coefficient (Wildman–Crippen LogP) is 5.11. The summed E-state index contributed by atoms with van der Waals surface area (Å²) in [7, 11) is 0. The average molecular weight is 377 g/mol. The molecule has 0 aliphatic rings. The fraction of sp³-hybridized carbons (Fsp3) is 0.304. The van der Waals surface area contributed by atoms with Crippen molar-refractivity contribution in [2.24, 2.45) is 0 Å². The molecular formula is C23H28N4O. The van der Waals surface area contributed by atoms with E-state index in [1.165, 1.54) is 11.1 Å². The summed E-state index contributed by atoms with van der Waals surface area (Å²) >= 11 is 0. The molecule has 0 unspecified atom stereocenters. The van der Waals surface area contributed by atoms with E-state index in [1.54, 1.807) is 0 Å². The zero-order chi connectivity index (χ0) is 20.1. The van der Waals surface area contributed by atoms with Gasteiger partial charge in [-0.15, -0.1) is 0 Å². The van der Waals surface area contributed by atoms with Gasteiger partial charge in [0.1, 0.15) is 5.82 Å². The number of benzene rings is 2. The Hall–Kier alpha value is -2.92. The summed E-state index contributed by atoms with van der Waals surface area (Å²) in [6.45, 7) is 8.43. The second-order valence-electron chi connectivity index (χ2n) is 7.41. The molecule has 1 heterocycles. The fourth-order valence-electron chi connectivity index (χ4n) is 3.15. The van der Waals surface area contributed by atoms with Crippen molar-refractivity contribution in [2.45, 2.75) is 39.7 Å². The highest BCUT2D eigenvalue weighted by Crippen LogP contribution is 2.26. The molecule has 5 nitrogen and oxygen atoms in total. The molecule has 3 aromatic rings. The molecule has 0 radical (unpaired) electrons. The van der Waals surface area contributed by atoms with Gasteiger partial charge in [0.2, 0.25) is 5.95 Å². The van der Waals surface area contributed by atoms with Gasteiger partial charge < -0.3 is 15.7 Å². The standard InChI is InChI=1S/C23H28N4O/c1-15(2)20-11-10-19(12-16(20)3)25-22-13-21(18-8-6-5-7-9-18)26-23(27-22)24-17(4)14-28/h5-13,15,17,28H,14H2,1-4H3,(H2,24,25,26,27)/t17-/m0/s1. The molecule has 0 fully saturated rings. The number of aryl methyl sites for hydroxylation is 1. The highest BCUT2D eigenvalue weighted by Gasteiger charge is 2.10. The van der Waals surface area contributed by atoms with Crippen LogP contribution in [0, 0.1) is 6.92 Å². The summed E-state index contributed by atoms with van der Waals surface area (Å²) in [5.74, 6) is 1.69.